The van der Waals surface area contributed by atoms with E-state index in [0.29, 0.717) is 12.3 Å². The van der Waals surface area contributed by atoms with Gasteiger partial charge in [-0.05, 0) is 37.4 Å². The van der Waals surface area contributed by atoms with Crippen LogP contribution in [0.2, 0.25) is 18.1 Å². The normalized spacial score (nSPS) is 33.6. The standard InChI is InChI=1S/C18H32ClNO4Si/c1-11(2)13(24-25(7,8)16(3,4)5)18-15(22)23-17(18,6)12(9-10-19)14(21)20-18/h11-13H,9-10H2,1-8H3,(H,20,21)/t12-,13+,17-,18-/m0/s1. The number of carbonyl (C=O) groups excluding carboxylic acids is 2. The lowest BCUT2D eigenvalue weighted by molar-refractivity contribution is -0.236. The zero-order valence-corrected chi connectivity index (χ0v) is 18.4. The van der Waals surface area contributed by atoms with Crippen LogP contribution in [0.25, 0.3) is 0 Å². The molecule has 2 rings (SSSR count). The molecule has 2 saturated heterocycles. The molecule has 1 amide bonds. The molecular formula is C18H32ClNO4Si. The summed E-state index contributed by atoms with van der Waals surface area (Å²) in [7, 11) is -2.15. The van der Waals surface area contributed by atoms with Gasteiger partial charge in [-0.1, -0.05) is 34.6 Å². The molecule has 1 N–H and O–H groups in total. The predicted molar refractivity (Wildman–Crippen MR) is 101 cm³/mol. The van der Waals surface area contributed by atoms with Crippen molar-refractivity contribution in [1.29, 1.82) is 0 Å². The zero-order valence-electron chi connectivity index (χ0n) is 16.7. The van der Waals surface area contributed by atoms with Gasteiger partial charge in [0.25, 0.3) is 0 Å². The molecule has 5 nitrogen and oxygen atoms in total. The fourth-order valence-electron chi connectivity index (χ4n) is 3.77. The molecule has 0 saturated carbocycles. The van der Waals surface area contributed by atoms with Gasteiger partial charge in [-0.25, -0.2) is 4.79 Å². The van der Waals surface area contributed by atoms with E-state index >= 15 is 0 Å². The Hall–Kier alpha value is -0.593. The molecule has 2 heterocycles. The monoisotopic (exact) mass is 389 g/mol. The summed E-state index contributed by atoms with van der Waals surface area (Å²) < 4.78 is 12.2. The summed E-state index contributed by atoms with van der Waals surface area (Å²) in [5.41, 5.74) is -2.03. The minimum Gasteiger partial charge on any atom is -0.453 e. The molecule has 0 unspecified atom stereocenters. The third kappa shape index (κ3) is 2.84. The highest BCUT2D eigenvalue weighted by Gasteiger charge is 2.79. The van der Waals surface area contributed by atoms with E-state index in [2.05, 4.69) is 39.2 Å². The topological polar surface area (TPSA) is 64.6 Å². The van der Waals surface area contributed by atoms with E-state index in [-0.39, 0.29) is 16.9 Å². The van der Waals surface area contributed by atoms with E-state index in [0.717, 1.165) is 0 Å². The van der Waals surface area contributed by atoms with Crippen LogP contribution in [-0.4, -0.2) is 43.3 Å². The lowest BCUT2D eigenvalue weighted by atomic mass is 9.66. The summed E-state index contributed by atoms with van der Waals surface area (Å²) in [4.78, 5) is 25.3. The van der Waals surface area contributed by atoms with Crippen molar-refractivity contribution in [3.8, 4) is 0 Å². The zero-order chi connectivity index (χ0) is 19.4. The van der Waals surface area contributed by atoms with Crippen LogP contribution in [0, 0.1) is 11.8 Å². The van der Waals surface area contributed by atoms with Gasteiger partial charge in [-0.3, -0.25) is 4.79 Å². The van der Waals surface area contributed by atoms with Crippen molar-refractivity contribution in [3.05, 3.63) is 0 Å². The average molecular weight is 390 g/mol. The second kappa shape index (κ2) is 6.24. The first kappa shape index (κ1) is 20.7. The van der Waals surface area contributed by atoms with Crippen LogP contribution in [0.1, 0.15) is 48.0 Å². The van der Waals surface area contributed by atoms with Gasteiger partial charge in [-0.15, -0.1) is 11.6 Å². The van der Waals surface area contributed by atoms with Gasteiger partial charge in [0.1, 0.15) is 0 Å². The number of fused-ring (bicyclic) bond motifs is 1. The first-order valence-electron chi connectivity index (χ1n) is 9.04. The second-order valence-electron chi connectivity index (χ2n) is 9.37. The van der Waals surface area contributed by atoms with Gasteiger partial charge in [-0.2, -0.15) is 0 Å². The number of amides is 1. The molecule has 2 aliphatic heterocycles. The van der Waals surface area contributed by atoms with Crippen molar-refractivity contribution < 1.29 is 18.8 Å². The summed E-state index contributed by atoms with van der Waals surface area (Å²) in [6.45, 7) is 16.7. The highest BCUT2D eigenvalue weighted by Crippen LogP contribution is 2.54. The van der Waals surface area contributed by atoms with Crippen LogP contribution in [0.5, 0.6) is 0 Å². The van der Waals surface area contributed by atoms with E-state index in [4.69, 9.17) is 20.8 Å². The number of rotatable bonds is 6. The predicted octanol–water partition coefficient (Wildman–Crippen LogP) is 3.46. The van der Waals surface area contributed by atoms with E-state index < -0.39 is 37.4 Å². The molecule has 0 radical (unpaired) electrons. The number of halogens is 1. The average Bonchev–Trinajstić information content (AvgIpc) is 2.61. The highest BCUT2D eigenvalue weighted by molar-refractivity contribution is 6.74. The number of carbonyl (C=O) groups is 2. The van der Waals surface area contributed by atoms with Crippen molar-refractivity contribution >= 4 is 31.8 Å². The maximum Gasteiger partial charge on any atom is 0.339 e. The number of ether oxygens (including phenoxy) is 1. The smallest absolute Gasteiger partial charge is 0.339 e. The lowest BCUT2D eigenvalue weighted by Gasteiger charge is -2.57. The third-order valence-corrected chi connectivity index (χ3v) is 11.0. The number of hydrogen-bond donors (Lipinski definition) is 1. The van der Waals surface area contributed by atoms with Crippen molar-refractivity contribution in [3.63, 3.8) is 0 Å². The van der Waals surface area contributed by atoms with E-state index in [1.807, 2.05) is 20.8 Å². The molecule has 0 spiro atoms. The fourth-order valence-corrected chi connectivity index (χ4v) is 5.42. The van der Waals surface area contributed by atoms with Crippen LogP contribution in [0.15, 0.2) is 0 Å². The van der Waals surface area contributed by atoms with Gasteiger partial charge < -0.3 is 14.5 Å². The molecule has 0 bridgehead atoms. The summed E-state index contributed by atoms with van der Waals surface area (Å²) in [5.74, 6) is -0.601. The molecule has 144 valence electrons. The maximum atomic E-state index is 12.7. The Morgan fingerprint density at radius 1 is 1.32 bits per heavy atom. The van der Waals surface area contributed by atoms with Crippen molar-refractivity contribution in [2.24, 2.45) is 11.8 Å². The first-order valence-corrected chi connectivity index (χ1v) is 12.5. The van der Waals surface area contributed by atoms with Gasteiger partial charge in [0.05, 0.1) is 12.0 Å². The Morgan fingerprint density at radius 3 is 2.28 bits per heavy atom. The van der Waals surface area contributed by atoms with Crippen LogP contribution in [-0.2, 0) is 18.8 Å². The Kier molecular flexibility index (Phi) is 5.17. The Balaban J connectivity index is 2.47. The van der Waals surface area contributed by atoms with E-state index in [1.165, 1.54) is 0 Å². The minimum atomic E-state index is -2.15. The Bertz CT molecular complexity index is 574. The van der Waals surface area contributed by atoms with E-state index in [1.54, 1.807) is 0 Å². The molecule has 0 aromatic heterocycles. The summed E-state index contributed by atoms with van der Waals surface area (Å²) in [6, 6.07) is 0. The Labute approximate surface area is 157 Å². The van der Waals surface area contributed by atoms with E-state index in [9.17, 15) is 9.59 Å². The van der Waals surface area contributed by atoms with Gasteiger partial charge in [0.15, 0.2) is 13.9 Å². The first-order chi connectivity index (χ1) is 11.2. The molecule has 2 aliphatic rings. The highest BCUT2D eigenvalue weighted by atomic mass is 35.5. The minimum absolute atomic E-state index is 0.00101. The molecule has 4 atom stereocenters. The molecule has 0 aromatic carbocycles. The van der Waals surface area contributed by atoms with Gasteiger partial charge >= 0.3 is 5.97 Å². The molecule has 2 fully saturated rings. The second-order valence-corrected chi connectivity index (χ2v) is 14.5. The van der Waals surface area contributed by atoms with Gasteiger partial charge in [0, 0.05) is 5.88 Å². The number of nitrogens with one attached hydrogen (secondary N) is 1. The fraction of sp³-hybridized carbons (Fsp3) is 0.889. The molecular weight excluding hydrogens is 358 g/mol. The van der Waals surface area contributed by atoms with Crippen LogP contribution in [0.4, 0.5) is 0 Å². The maximum absolute atomic E-state index is 12.7. The van der Waals surface area contributed by atoms with Crippen LogP contribution < -0.4 is 5.32 Å². The molecule has 0 aromatic rings. The van der Waals surface area contributed by atoms with Crippen LogP contribution in [0.3, 0.4) is 0 Å². The number of alkyl halides is 1. The SMILES string of the molecule is CC(C)[C@@H](O[Si](C)(C)C(C)(C)C)[C@@]12NC(=O)[C@H](CCCl)[C@]1(C)OC2=O. The molecule has 7 heteroatoms. The molecule has 0 aliphatic carbocycles. The quantitative estimate of drug-likeness (QED) is 0.429. The molecule has 25 heavy (non-hydrogen) atoms. The number of esters is 1. The summed E-state index contributed by atoms with van der Waals surface area (Å²) in [6.07, 6.45) is 0.0491. The summed E-state index contributed by atoms with van der Waals surface area (Å²) >= 11 is 5.89. The largest absolute Gasteiger partial charge is 0.453 e. The van der Waals surface area contributed by atoms with Crippen molar-refractivity contribution in [2.75, 3.05) is 5.88 Å². The third-order valence-electron chi connectivity index (χ3n) is 6.37. The number of hydrogen-bond acceptors (Lipinski definition) is 4. The van der Waals surface area contributed by atoms with Crippen molar-refractivity contribution in [1.82, 2.24) is 5.32 Å². The Morgan fingerprint density at radius 2 is 1.88 bits per heavy atom. The van der Waals surface area contributed by atoms with Gasteiger partial charge in [0.2, 0.25) is 11.4 Å². The van der Waals surface area contributed by atoms with Crippen LogP contribution >= 0.6 is 11.6 Å². The lowest BCUT2D eigenvalue weighted by Crippen LogP contribution is -2.81. The summed E-state index contributed by atoms with van der Waals surface area (Å²) in [5, 5.41) is 2.97. The van der Waals surface area contributed by atoms with Crippen molar-refractivity contribution in [2.45, 2.75) is 83.3 Å².